The Hall–Kier alpha value is -2.54. The molecule has 0 unspecified atom stereocenters. The molecule has 0 saturated carbocycles. The van der Waals surface area contributed by atoms with Crippen LogP contribution in [0.1, 0.15) is 0 Å². The van der Waals surface area contributed by atoms with Crippen molar-refractivity contribution in [2.75, 3.05) is 0 Å². The van der Waals surface area contributed by atoms with Crippen LogP contribution >= 0.6 is 0 Å². The molecule has 0 atom stereocenters. The molecule has 0 aromatic heterocycles. The molecule has 0 aliphatic rings. The van der Waals surface area contributed by atoms with Crippen LogP contribution in [0.4, 0.5) is 0 Å². The van der Waals surface area contributed by atoms with E-state index >= 15 is 0 Å². The van der Waals surface area contributed by atoms with Crippen molar-refractivity contribution in [3.63, 3.8) is 0 Å². The first kappa shape index (κ1) is 18.5. The topological polar surface area (TPSA) is 0 Å². The summed E-state index contributed by atoms with van der Waals surface area (Å²) in [6.45, 7) is 0. The molecule has 133 valence electrons. The molecule has 0 aliphatic heterocycles. The standard InChI is InChI=1S/C28H16.Y/c1-2-8-21-16-26-17-25(13-12-23(26)14-19(21)6-1)27-11-5-10-24-15-20-7-3-4-9-22(20)18-28(24)27;/h1-10,12-16,18H;/q-2;. The molecule has 6 rings (SSSR count). The molecule has 0 aliphatic carbocycles. The summed E-state index contributed by atoms with van der Waals surface area (Å²) in [5.41, 5.74) is 2.20. The SMILES string of the molecule is [Y].[c-]1ccc2cc3ccccc3cc2c1-c1[c-]c2cc3ccccc3cc2cc1. The predicted octanol–water partition coefficient (Wildman–Crippen LogP) is 7.56. The van der Waals surface area contributed by atoms with Gasteiger partial charge in [0.25, 0.3) is 0 Å². The van der Waals surface area contributed by atoms with Crippen LogP contribution in [0.5, 0.6) is 0 Å². The van der Waals surface area contributed by atoms with E-state index in [1.165, 1.54) is 37.7 Å². The van der Waals surface area contributed by atoms with E-state index in [0.717, 1.165) is 16.5 Å². The molecule has 6 aromatic rings. The van der Waals surface area contributed by atoms with Crippen molar-refractivity contribution in [3.05, 3.63) is 109 Å². The zero-order valence-electron chi connectivity index (χ0n) is 15.8. The average Bonchev–Trinajstić information content (AvgIpc) is 2.75. The van der Waals surface area contributed by atoms with Crippen LogP contribution in [0.25, 0.3) is 54.2 Å². The molecule has 0 heterocycles. The van der Waals surface area contributed by atoms with Crippen molar-refractivity contribution in [1.29, 1.82) is 0 Å². The van der Waals surface area contributed by atoms with Gasteiger partial charge in [-0.2, -0.15) is 29.8 Å². The van der Waals surface area contributed by atoms with E-state index in [2.05, 4.69) is 103 Å². The van der Waals surface area contributed by atoms with Gasteiger partial charge >= 0.3 is 0 Å². The third kappa shape index (κ3) is 3.17. The van der Waals surface area contributed by atoms with Gasteiger partial charge in [0.05, 0.1) is 0 Å². The van der Waals surface area contributed by atoms with Gasteiger partial charge in [0.15, 0.2) is 0 Å². The fourth-order valence-electron chi connectivity index (χ4n) is 4.14. The Kier molecular flexibility index (Phi) is 4.70. The normalized spacial score (nSPS) is 11.2. The van der Waals surface area contributed by atoms with E-state index in [9.17, 15) is 0 Å². The van der Waals surface area contributed by atoms with Gasteiger partial charge in [-0.25, -0.2) is 5.56 Å². The van der Waals surface area contributed by atoms with Crippen LogP contribution in [-0.4, -0.2) is 0 Å². The van der Waals surface area contributed by atoms with Gasteiger partial charge in [-0.05, 0) is 16.2 Å². The molecule has 0 saturated heterocycles. The van der Waals surface area contributed by atoms with Gasteiger partial charge in [0, 0.05) is 32.7 Å². The Morgan fingerprint density at radius 1 is 0.517 bits per heavy atom. The maximum Gasteiger partial charge on any atom is 0 e. The largest absolute Gasteiger partial charge is 0.202 e. The zero-order valence-corrected chi connectivity index (χ0v) is 18.7. The summed E-state index contributed by atoms with van der Waals surface area (Å²) in [5.74, 6) is 0. The Morgan fingerprint density at radius 2 is 1.14 bits per heavy atom. The van der Waals surface area contributed by atoms with E-state index in [4.69, 9.17) is 0 Å². The van der Waals surface area contributed by atoms with Crippen molar-refractivity contribution in [1.82, 2.24) is 0 Å². The fraction of sp³-hybridized carbons (Fsp3) is 0. The molecular formula is C28H16Y-2. The van der Waals surface area contributed by atoms with Crippen LogP contribution < -0.4 is 0 Å². The second-order valence-electron chi connectivity index (χ2n) is 7.30. The first-order valence-corrected chi connectivity index (χ1v) is 9.54. The maximum atomic E-state index is 3.64. The second-order valence-corrected chi connectivity index (χ2v) is 7.30. The summed E-state index contributed by atoms with van der Waals surface area (Å²) < 4.78 is 0. The molecule has 1 radical (unpaired) electrons. The van der Waals surface area contributed by atoms with Crippen LogP contribution in [-0.2, 0) is 32.7 Å². The van der Waals surface area contributed by atoms with Gasteiger partial charge in [0.1, 0.15) is 0 Å². The van der Waals surface area contributed by atoms with E-state index in [1.54, 1.807) is 0 Å². The summed E-state index contributed by atoms with van der Waals surface area (Å²) in [4.78, 5) is 0. The second kappa shape index (κ2) is 7.37. The Morgan fingerprint density at radius 3 is 1.86 bits per heavy atom. The monoisotopic (exact) mass is 441 g/mol. The van der Waals surface area contributed by atoms with E-state index in [1.807, 2.05) is 6.07 Å². The van der Waals surface area contributed by atoms with Gasteiger partial charge in [-0.3, -0.25) is 0 Å². The molecule has 0 nitrogen and oxygen atoms in total. The average molecular weight is 441 g/mol. The molecule has 0 spiro atoms. The summed E-state index contributed by atoms with van der Waals surface area (Å²) in [6, 6.07) is 41.6. The molecule has 0 N–H and O–H groups in total. The number of hydrogen-bond acceptors (Lipinski definition) is 0. The summed E-state index contributed by atoms with van der Waals surface area (Å²) >= 11 is 0. The number of hydrogen-bond donors (Lipinski definition) is 0. The van der Waals surface area contributed by atoms with Gasteiger partial charge < -0.3 is 0 Å². The van der Waals surface area contributed by atoms with Crippen LogP contribution in [0.3, 0.4) is 0 Å². The van der Waals surface area contributed by atoms with Crippen LogP contribution in [0.15, 0.2) is 97.1 Å². The summed E-state index contributed by atoms with van der Waals surface area (Å²) in [7, 11) is 0. The Labute approximate surface area is 195 Å². The van der Waals surface area contributed by atoms with E-state index < -0.39 is 0 Å². The molecule has 0 amide bonds. The van der Waals surface area contributed by atoms with Gasteiger partial charge in [0.2, 0.25) is 0 Å². The van der Waals surface area contributed by atoms with E-state index in [-0.39, 0.29) is 32.7 Å². The summed E-state index contributed by atoms with van der Waals surface area (Å²) in [5, 5.41) is 9.84. The molecule has 29 heavy (non-hydrogen) atoms. The van der Waals surface area contributed by atoms with Crippen LogP contribution in [0, 0.1) is 12.1 Å². The van der Waals surface area contributed by atoms with Gasteiger partial charge in [-0.1, -0.05) is 77.5 Å². The van der Waals surface area contributed by atoms with Crippen molar-refractivity contribution in [2.24, 2.45) is 0 Å². The first-order valence-electron chi connectivity index (χ1n) is 9.54. The minimum atomic E-state index is 0. The Bertz CT molecular complexity index is 1510. The third-order valence-corrected chi connectivity index (χ3v) is 5.56. The van der Waals surface area contributed by atoms with Crippen molar-refractivity contribution < 1.29 is 32.7 Å². The Balaban J connectivity index is 0.00000181. The number of fused-ring (bicyclic) bond motifs is 4. The number of rotatable bonds is 1. The first-order chi connectivity index (χ1) is 13.8. The van der Waals surface area contributed by atoms with Crippen molar-refractivity contribution >= 4 is 43.1 Å². The minimum absolute atomic E-state index is 0. The summed E-state index contributed by atoms with van der Waals surface area (Å²) in [6.07, 6.45) is 0. The quantitative estimate of drug-likeness (QED) is 0.182. The smallest absolute Gasteiger partial charge is 0 e. The fourth-order valence-corrected chi connectivity index (χ4v) is 4.14. The molecule has 0 fully saturated rings. The molecule has 1 heteroatoms. The zero-order chi connectivity index (χ0) is 18.5. The maximum absolute atomic E-state index is 3.64. The van der Waals surface area contributed by atoms with E-state index in [0.29, 0.717) is 0 Å². The van der Waals surface area contributed by atoms with Gasteiger partial charge in [-0.15, -0.1) is 34.4 Å². The minimum Gasteiger partial charge on any atom is -0.202 e. The van der Waals surface area contributed by atoms with Crippen molar-refractivity contribution in [3.8, 4) is 11.1 Å². The molecular weight excluding hydrogens is 425 g/mol. The molecule has 6 aromatic carbocycles. The predicted molar refractivity (Wildman–Crippen MR) is 120 cm³/mol. The number of benzene rings is 6. The molecule has 0 bridgehead atoms. The third-order valence-electron chi connectivity index (χ3n) is 5.56. The van der Waals surface area contributed by atoms with Crippen LogP contribution in [0.2, 0.25) is 0 Å². The van der Waals surface area contributed by atoms with Crippen molar-refractivity contribution in [2.45, 2.75) is 0 Å².